The molecule has 0 saturated carbocycles. The van der Waals surface area contributed by atoms with Crippen LogP contribution in [0.1, 0.15) is 213 Å². The first kappa shape index (κ1) is 40.4. The van der Waals surface area contributed by atoms with Gasteiger partial charge in [-0.05, 0) is 77.2 Å². The zero-order valence-electron chi connectivity index (χ0n) is 28.6. The van der Waals surface area contributed by atoms with Gasteiger partial charge in [0.2, 0.25) is 0 Å². The predicted molar refractivity (Wildman–Crippen MR) is 189 cm³/mol. The van der Waals surface area contributed by atoms with E-state index in [0.29, 0.717) is 0 Å². The van der Waals surface area contributed by atoms with Crippen molar-refractivity contribution in [1.29, 1.82) is 0 Å². The summed E-state index contributed by atoms with van der Waals surface area (Å²) in [6.07, 6.45) is 51.2. The highest BCUT2D eigenvalue weighted by molar-refractivity contribution is 4.85. The minimum absolute atomic E-state index is 0.0175. The van der Waals surface area contributed by atoms with Crippen LogP contribution in [-0.4, -0.2) is 12.1 Å². The average molecular weight is 575 g/mol. The van der Waals surface area contributed by atoms with Crippen LogP contribution in [0.5, 0.6) is 0 Å². The van der Waals surface area contributed by atoms with E-state index in [0.717, 1.165) is 25.8 Å². The molecule has 0 aromatic heterocycles. The van der Waals surface area contributed by atoms with Crippen LogP contribution in [0.25, 0.3) is 0 Å². The van der Waals surface area contributed by atoms with Crippen molar-refractivity contribution in [3.05, 3.63) is 24.3 Å². The van der Waals surface area contributed by atoms with Gasteiger partial charge >= 0.3 is 0 Å². The third kappa shape index (κ3) is 32.2. The number of rotatable bonds is 34. The fraction of sp³-hybridized carbons (Fsp3) is 0.897. The van der Waals surface area contributed by atoms with Crippen molar-refractivity contribution in [2.45, 2.75) is 218 Å². The van der Waals surface area contributed by atoms with Gasteiger partial charge in [-0.25, -0.2) is 0 Å². The van der Waals surface area contributed by atoms with Gasteiger partial charge < -0.3 is 11.5 Å². The summed E-state index contributed by atoms with van der Waals surface area (Å²) >= 11 is 0. The second-order valence-corrected chi connectivity index (χ2v) is 13.3. The molecule has 0 rings (SSSR count). The summed E-state index contributed by atoms with van der Waals surface area (Å²) in [4.78, 5) is 0. The first-order chi connectivity index (χ1) is 20.2. The maximum atomic E-state index is 6.83. The molecule has 2 nitrogen and oxygen atoms in total. The first-order valence-electron chi connectivity index (χ1n) is 19.0. The standard InChI is InChI=1S/C39H78N2/c1-3-5-7-9-11-13-15-17-19-21-23-25-27-29-31-33-35-39(41,37-38-40)36-34-32-30-28-26-24-22-20-18-16-14-12-10-8-6-4-2/h17-20H,3-16,21-38,40-41H2,1-2H3/b19-17-,20-18-. The molecule has 0 atom stereocenters. The Bertz CT molecular complexity index is 496. The summed E-state index contributed by atoms with van der Waals surface area (Å²) in [7, 11) is 0. The molecular formula is C39H78N2. The van der Waals surface area contributed by atoms with Crippen molar-refractivity contribution < 1.29 is 0 Å². The summed E-state index contributed by atoms with van der Waals surface area (Å²) in [6, 6.07) is 0. The highest BCUT2D eigenvalue weighted by Gasteiger charge is 2.22. The predicted octanol–water partition coefficient (Wildman–Crippen LogP) is 12.9. The van der Waals surface area contributed by atoms with Gasteiger partial charge in [-0.15, -0.1) is 0 Å². The number of nitrogens with two attached hydrogens (primary N) is 2. The highest BCUT2D eigenvalue weighted by Crippen LogP contribution is 2.24. The van der Waals surface area contributed by atoms with E-state index in [2.05, 4.69) is 38.2 Å². The van der Waals surface area contributed by atoms with E-state index in [1.165, 1.54) is 180 Å². The maximum absolute atomic E-state index is 6.83. The van der Waals surface area contributed by atoms with Crippen LogP contribution in [0.2, 0.25) is 0 Å². The average Bonchev–Trinajstić information content (AvgIpc) is 2.97. The number of hydrogen-bond acceptors (Lipinski definition) is 2. The van der Waals surface area contributed by atoms with Crippen LogP contribution in [0, 0.1) is 0 Å². The van der Waals surface area contributed by atoms with Crippen molar-refractivity contribution in [2.24, 2.45) is 11.5 Å². The third-order valence-corrected chi connectivity index (χ3v) is 9.02. The Balaban J connectivity index is 3.58. The molecule has 0 fully saturated rings. The van der Waals surface area contributed by atoms with Crippen LogP contribution in [0.3, 0.4) is 0 Å². The minimum Gasteiger partial charge on any atom is -0.330 e. The van der Waals surface area contributed by atoms with Gasteiger partial charge in [0.25, 0.3) is 0 Å². The smallest absolute Gasteiger partial charge is 0.0166 e. The molecule has 0 amide bonds. The van der Waals surface area contributed by atoms with Gasteiger partial charge in [0.05, 0.1) is 0 Å². The van der Waals surface area contributed by atoms with Crippen LogP contribution in [-0.2, 0) is 0 Å². The topological polar surface area (TPSA) is 52.0 Å². The molecule has 41 heavy (non-hydrogen) atoms. The van der Waals surface area contributed by atoms with E-state index in [9.17, 15) is 0 Å². The minimum atomic E-state index is -0.0175. The van der Waals surface area contributed by atoms with Gasteiger partial charge in [0.1, 0.15) is 0 Å². The van der Waals surface area contributed by atoms with Gasteiger partial charge in [-0.2, -0.15) is 0 Å². The monoisotopic (exact) mass is 575 g/mol. The Morgan fingerprint density at radius 1 is 0.366 bits per heavy atom. The summed E-state index contributed by atoms with van der Waals surface area (Å²) in [6.45, 7) is 5.31. The molecule has 0 aliphatic heterocycles. The third-order valence-electron chi connectivity index (χ3n) is 9.02. The zero-order chi connectivity index (χ0) is 30.0. The molecular weight excluding hydrogens is 496 g/mol. The van der Waals surface area contributed by atoms with E-state index < -0.39 is 0 Å². The Labute approximate surface area is 260 Å². The summed E-state index contributed by atoms with van der Waals surface area (Å²) in [5, 5.41) is 0. The van der Waals surface area contributed by atoms with E-state index in [1.807, 2.05) is 0 Å². The van der Waals surface area contributed by atoms with Crippen molar-refractivity contribution in [3.8, 4) is 0 Å². The molecule has 0 unspecified atom stereocenters. The fourth-order valence-corrected chi connectivity index (χ4v) is 6.11. The number of hydrogen-bond donors (Lipinski definition) is 2. The Hall–Kier alpha value is -0.600. The second-order valence-electron chi connectivity index (χ2n) is 13.3. The molecule has 0 radical (unpaired) electrons. The van der Waals surface area contributed by atoms with Gasteiger partial charge in [0, 0.05) is 5.54 Å². The van der Waals surface area contributed by atoms with Crippen molar-refractivity contribution in [3.63, 3.8) is 0 Å². The lowest BCUT2D eigenvalue weighted by Crippen LogP contribution is -2.41. The van der Waals surface area contributed by atoms with Crippen LogP contribution < -0.4 is 11.5 Å². The van der Waals surface area contributed by atoms with E-state index >= 15 is 0 Å². The summed E-state index contributed by atoms with van der Waals surface area (Å²) in [5.74, 6) is 0. The molecule has 0 spiro atoms. The van der Waals surface area contributed by atoms with E-state index in [1.54, 1.807) is 0 Å². The Morgan fingerprint density at radius 2 is 0.634 bits per heavy atom. The van der Waals surface area contributed by atoms with Crippen LogP contribution >= 0.6 is 0 Å². The Morgan fingerprint density at radius 3 is 0.927 bits per heavy atom. The molecule has 0 aliphatic carbocycles. The lowest BCUT2D eigenvalue weighted by Gasteiger charge is -2.29. The molecule has 0 aromatic carbocycles. The molecule has 4 N–H and O–H groups in total. The van der Waals surface area contributed by atoms with E-state index in [-0.39, 0.29) is 5.54 Å². The second kappa shape index (κ2) is 33.9. The molecule has 244 valence electrons. The number of allylic oxidation sites excluding steroid dienone is 4. The molecule has 0 saturated heterocycles. The molecule has 0 bridgehead atoms. The molecule has 0 aromatic rings. The van der Waals surface area contributed by atoms with Crippen LogP contribution in [0.4, 0.5) is 0 Å². The normalized spacial score (nSPS) is 12.4. The first-order valence-corrected chi connectivity index (χ1v) is 19.0. The van der Waals surface area contributed by atoms with Gasteiger partial charge in [0.15, 0.2) is 0 Å². The van der Waals surface area contributed by atoms with Crippen molar-refractivity contribution in [1.82, 2.24) is 0 Å². The van der Waals surface area contributed by atoms with Gasteiger partial charge in [-0.1, -0.05) is 167 Å². The fourth-order valence-electron chi connectivity index (χ4n) is 6.11. The molecule has 2 heteroatoms. The zero-order valence-corrected chi connectivity index (χ0v) is 28.6. The summed E-state index contributed by atoms with van der Waals surface area (Å²) in [5.41, 5.74) is 12.8. The lowest BCUT2D eigenvalue weighted by atomic mass is 9.84. The quantitative estimate of drug-likeness (QED) is 0.0593. The van der Waals surface area contributed by atoms with Crippen molar-refractivity contribution in [2.75, 3.05) is 6.54 Å². The highest BCUT2D eigenvalue weighted by atomic mass is 14.7. The largest absolute Gasteiger partial charge is 0.330 e. The molecule has 0 heterocycles. The van der Waals surface area contributed by atoms with Crippen LogP contribution in [0.15, 0.2) is 24.3 Å². The summed E-state index contributed by atoms with van der Waals surface area (Å²) < 4.78 is 0. The maximum Gasteiger partial charge on any atom is 0.0166 e. The SMILES string of the molecule is CCCCCCCC/C=C\CCCCCCCCC(N)(CCN)CCCCCCCC/C=C\CCCCCCCC. The van der Waals surface area contributed by atoms with Gasteiger partial charge in [-0.3, -0.25) is 0 Å². The Kier molecular flexibility index (Phi) is 33.4. The van der Waals surface area contributed by atoms with Crippen molar-refractivity contribution >= 4 is 0 Å². The number of unbranched alkanes of at least 4 members (excludes halogenated alkanes) is 24. The lowest BCUT2D eigenvalue weighted by molar-refractivity contribution is 0.317. The van der Waals surface area contributed by atoms with E-state index in [4.69, 9.17) is 11.5 Å². The molecule has 0 aliphatic rings.